The van der Waals surface area contributed by atoms with Crippen LogP contribution in [0.15, 0.2) is 0 Å². The largest absolute Gasteiger partial charge is 0.229 e. The smallest absolute Gasteiger partial charge is 0.211 e. The van der Waals surface area contributed by atoms with Gasteiger partial charge in [0.25, 0.3) is 0 Å². The van der Waals surface area contributed by atoms with Crippen molar-refractivity contribution in [2.24, 2.45) is 0 Å². The molecule has 1 heterocycles. The lowest BCUT2D eigenvalue weighted by Gasteiger charge is -2.28. The molecule has 0 radical (unpaired) electrons. The lowest BCUT2D eigenvalue weighted by molar-refractivity contribution is 0.348. The molecule has 0 aromatic heterocycles. The minimum absolute atomic E-state index is 0.316. The zero-order valence-electron chi connectivity index (χ0n) is 8.30. The van der Waals surface area contributed by atoms with Crippen LogP contribution in [0, 0.1) is 0 Å². The van der Waals surface area contributed by atoms with E-state index in [2.05, 4.69) is 0 Å². The van der Waals surface area contributed by atoms with Gasteiger partial charge in [-0.25, -0.2) is 21.1 Å². The van der Waals surface area contributed by atoms with Gasteiger partial charge in [-0.2, -0.15) is 0 Å². The molecular formula is C7H15NO4S2. The van der Waals surface area contributed by atoms with E-state index in [0.29, 0.717) is 25.9 Å². The van der Waals surface area contributed by atoms with Gasteiger partial charge in [0, 0.05) is 19.3 Å². The Kier molecular flexibility index (Phi) is 3.23. The molecule has 0 N–H and O–H groups in total. The van der Waals surface area contributed by atoms with Crippen molar-refractivity contribution >= 4 is 19.9 Å². The maximum atomic E-state index is 11.2. The predicted molar refractivity (Wildman–Crippen MR) is 54.3 cm³/mol. The average molecular weight is 241 g/mol. The van der Waals surface area contributed by atoms with Gasteiger partial charge in [0.05, 0.1) is 11.5 Å². The highest BCUT2D eigenvalue weighted by molar-refractivity contribution is 7.91. The second kappa shape index (κ2) is 3.79. The summed E-state index contributed by atoms with van der Waals surface area (Å²) in [5.41, 5.74) is 0. The summed E-state index contributed by atoms with van der Waals surface area (Å²) in [5.74, 6) is 0. The molecule has 1 aliphatic rings. The summed E-state index contributed by atoms with van der Waals surface area (Å²) in [6.07, 6.45) is 3.17. The van der Waals surface area contributed by atoms with Crippen LogP contribution < -0.4 is 0 Å². The van der Waals surface area contributed by atoms with E-state index in [1.165, 1.54) is 10.6 Å². The van der Waals surface area contributed by atoms with Crippen molar-refractivity contribution in [1.29, 1.82) is 0 Å². The van der Waals surface area contributed by atoms with Gasteiger partial charge in [0.2, 0.25) is 10.0 Å². The van der Waals surface area contributed by atoms with Gasteiger partial charge in [-0.3, -0.25) is 0 Å². The molecular weight excluding hydrogens is 226 g/mol. The minimum atomic E-state index is -3.16. The molecule has 84 valence electrons. The van der Waals surface area contributed by atoms with E-state index in [1.807, 2.05) is 0 Å². The fourth-order valence-electron chi connectivity index (χ4n) is 1.59. The number of hydrogen-bond acceptors (Lipinski definition) is 4. The molecule has 1 aliphatic heterocycles. The van der Waals surface area contributed by atoms with Gasteiger partial charge in [-0.05, 0) is 12.8 Å². The average Bonchev–Trinajstić information content (AvgIpc) is 2.01. The van der Waals surface area contributed by atoms with Crippen LogP contribution in [0.1, 0.15) is 12.8 Å². The molecule has 0 aliphatic carbocycles. The zero-order chi connectivity index (χ0) is 11.0. The van der Waals surface area contributed by atoms with Crippen LogP contribution in [-0.2, 0) is 19.9 Å². The third-order valence-electron chi connectivity index (χ3n) is 2.48. The maximum absolute atomic E-state index is 11.2. The van der Waals surface area contributed by atoms with Crippen molar-refractivity contribution in [2.75, 3.05) is 25.6 Å². The molecule has 14 heavy (non-hydrogen) atoms. The van der Waals surface area contributed by atoms with Crippen molar-refractivity contribution in [3.63, 3.8) is 0 Å². The van der Waals surface area contributed by atoms with Crippen molar-refractivity contribution < 1.29 is 16.8 Å². The second-order valence-electron chi connectivity index (χ2n) is 3.69. The lowest BCUT2D eigenvalue weighted by atomic mass is 10.2. The SMILES string of the molecule is CS(=O)(=O)C1CCN(S(C)(=O)=O)CC1. The van der Waals surface area contributed by atoms with E-state index in [0.717, 1.165) is 6.26 Å². The first kappa shape index (κ1) is 11.9. The molecule has 0 spiro atoms. The number of sulfonamides is 1. The monoisotopic (exact) mass is 241 g/mol. The minimum Gasteiger partial charge on any atom is -0.229 e. The molecule has 7 heteroatoms. The van der Waals surface area contributed by atoms with Crippen LogP contribution in [0.3, 0.4) is 0 Å². The van der Waals surface area contributed by atoms with Crippen LogP contribution in [-0.4, -0.2) is 52.0 Å². The number of nitrogens with zero attached hydrogens (tertiary/aromatic N) is 1. The van der Waals surface area contributed by atoms with Crippen molar-refractivity contribution in [1.82, 2.24) is 4.31 Å². The van der Waals surface area contributed by atoms with E-state index in [1.54, 1.807) is 0 Å². The van der Waals surface area contributed by atoms with Crippen LogP contribution in [0.5, 0.6) is 0 Å². The van der Waals surface area contributed by atoms with Crippen LogP contribution in [0.25, 0.3) is 0 Å². The number of piperidine rings is 1. The van der Waals surface area contributed by atoms with Gasteiger partial charge in [0.15, 0.2) is 0 Å². The zero-order valence-corrected chi connectivity index (χ0v) is 9.94. The van der Waals surface area contributed by atoms with Gasteiger partial charge in [0.1, 0.15) is 9.84 Å². The third kappa shape index (κ3) is 2.93. The molecule has 1 fully saturated rings. The van der Waals surface area contributed by atoms with Crippen LogP contribution in [0.2, 0.25) is 0 Å². The summed E-state index contributed by atoms with van der Waals surface area (Å²) < 4.78 is 45.9. The molecule has 5 nitrogen and oxygen atoms in total. The summed E-state index contributed by atoms with van der Waals surface area (Å²) in [5, 5.41) is -0.375. The fourth-order valence-corrected chi connectivity index (χ4v) is 3.53. The molecule has 0 unspecified atom stereocenters. The van der Waals surface area contributed by atoms with Gasteiger partial charge < -0.3 is 0 Å². The Hall–Kier alpha value is -0.140. The molecule has 0 aromatic rings. The normalized spacial score (nSPS) is 22.4. The molecule has 0 bridgehead atoms. The highest BCUT2D eigenvalue weighted by Gasteiger charge is 2.29. The highest BCUT2D eigenvalue weighted by atomic mass is 32.2. The van der Waals surface area contributed by atoms with Crippen molar-refractivity contribution in [3.8, 4) is 0 Å². The van der Waals surface area contributed by atoms with Gasteiger partial charge in [-0.1, -0.05) is 0 Å². The van der Waals surface area contributed by atoms with Crippen molar-refractivity contribution in [2.45, 2.75) is 18.1 Å². The maximum Gasteiger partial charge on any atom is 0.211 e. The molecule has 0 aromatic carbocycles. The van der Waals surface area contributed by atoms with E-state index >= 15 is 0 Å². The summed E-state index contributed by atoms with van der Waals surface area (Å²) in [4.78, 5) is 0. The first-order chi connectivity index (χ1) is 6.21. The molecule has 1 saturated heterocycles. The van der Waals surface area contributed by atoms with E-state index in [4.69, 9.17) is 0 Å². The lowest BCUT2D eigenvalue weighted by Crippen LogP contribution is -2.41. The molecule has 1 rings (SSSR count). The first-order valence-corrected chi connectivity index (χ1v) is 8.15. The van der Waals surface area contributed by atoms with Gasteiger partial charge in [-0.15, -0.1) is 0 Å². The van der Waals surface area contributed by atoms with Crippen molar-refractivity contribution in [3.05, 3.63) is 0 Å². The topological polar surface area (TPSA) is 71.5 Å². The molecule has 0 saturated carbocycles. The summed E-state index contributed by atoms with van der Waals surface area (Å²) in [6.45, 7) is 0.632. The fraction of sp³-hybridized carbons (Fsp3) is 1.00. The summed E-state index contributed by atoms with van der Waals surface area (Å²) in [7, 11) is -6.17. The van der Waals surface area contributed by atoms with E-state index in [9.17, 15) is 16.8 Å². The van der Waals surface area contributed by atoms with E-state index in [-0.39, 0.29) is 5.25 Å². The predicted octanol–water partition coefficient (Wildman–Crippen LogP) is -0.545. The second-order valence-corrected chi connectivity index (χ2v) is 8.00. The third-order valence-corrected chi connectivity index (χ3v) is 5.46. The molecule has 0 amide bonds. The quantitative estimate of drug-likeness (QED) is 0.650. The number of rotatable bonds is 2. The Morgan fingerprint density at radius 3 is 1.71 bits per heavy atom. The van der Waals surface area contributed by atoms with E-state index < -0.39 is 19.9 Å². The summed E-state index contributed by atoms with van der Waals surface area (Å²) in [6, 6.07) is 0. The Morgan fingerprint density at radius 1 is 1.00 bits per heavy atom. The van der Waals surface area contributed by atoms with Gasteiger partial charge >= 0.3 is 0 Å². The Labute approximate surface area is 85.1 Å². The van der Waals surface area contributed by atoms with Crippen LogP contribution >= 0.6 is 0 Å². The van der Waals surface area contributed by atoms with Crippen LogP contribution in [0.4, 0.5) is 0 Å². The number of sulfone groups is 1. The standard InChI is InChI=1S/C7H15NO4S2/c1-13(9,10)7-3-5-8(6-4-7)14(2,11)12/h7H,3-6H2,1-2H3. The molecule has 0 atom stereocenters. The Balaban J connectivity index is 2.65. The Morgan fingerprint density at radius 2 is 1.43 bits per heavy atom. The Bertz CT molecular complexity index is 349. The number of hydrogen-bond donors (Lipinski definition) is 0. The first-order valence-electron chi connectivity index (χ1n) is 4.35. The highest BCUT2D eigenvalue weighted by Crippen LogP contribution is 2.18. The summed E-state index contributed by atoms with van der Waals surface area (Å²) >= 11 is 0.